The lowest BCUT2D eigenvalue weighted by Crippen LogP contribution is -2.35. The Kier molecular flexibility index (Phi) is 6.38. The van der Waals surface area contributed by atoms with Gasteiger partial charge in [0.05, 0.1) is 12.0 Å². The maximum absolute atomic E-state index is 13.2. The molecule has 3 heterocycles. The third-order valence-corrected chi connectivity index (χ3v) is 7.67. The molecule has 164 valence electrons. The number of esters is 1. The highest BCUT2D eigenvalue weighted by atomic mass is 32.2. The second-order valence-corrected chi connectivity index (χ2v) is 9.77. The van der Waals surface area contributed by atoms with Gasteiger partial charge < -0.3 is 9.64 Å². The van der Waals surface area contributed by atoms with Crippen molar-refractivity contribution in [2.24, 2.45) is 5.92 Å². The molecule has 1 aliphatic rings. The third kappa shape index (κ3) is 4.65. The van der Waals surface area contributed by atoms with Gasteiger partial charge in [0.1, 0.15) is 0 Å². The van der Waals surface area contributed by atoms with E-state index in [0.717, 1.165) is 49.8 Å². The van der Waals surface area contributed by atoms with Crippen LogP contribution in [0.1, 0.15) is 24.8 Å². The van der Waals surface area contributed by atoms with Gasteiger partial charge >= 0.3 is 5.97 Å². The van der Waals surface area contributed by atoms with E-state index in [1.807, 2.05) is 12.1 Å². The van der Waals surface area contributed by atoms with Crippen LogP contribution in [0.4, 0.5) is 0 Å². The van der Waals surface area contributed by atoms with Crippen LogP contribution in [0.2, 0.25) is 0 Å². The number of methoxy groups -OCH3 is 1. The van der Waals surface area contributed by atoms with Crippen molar-refractivity contribution < 1.29 is 17.9 Å². The Hall–Kier alpha value is -2.71. The van der Waals surface area contributed by atoms with Gasteiger partial charge in [-0.15, -0.1) is 0 Å². The molecule has 4 rings (SSSR count). The van der Waals surface area contributed by atoms with Crippen LogP contribution in [0.3, 0.4) is 0 Å². The number of ether oxygens (including phenoxy) is 1. The average Bonchev–Trinajstić information content (AvgIpc) is 3.19. The van der Waals surface area contributed by atoms with E-state index in [0.29, 0.717) is 18.0 Å². The Balaban J connectivity index is 1.49. The molecule has 0 saturated carbocycles. The van der Waals surface area contributed by atoms with Crippen molar-refractivity contribution in [2.45, 2.75) is 30.6 Å². The Labute approximate surface area is 182 Å². The molecule has 0 bridgehead atoms. The lowest BCUT2D eigenvalue weighted by Gasteiger charge is -2.31. The first-order valence-corrected chi connectivity index (χ1v) is 12.0. The Morgan fingerprint density at radius 1 is 1.13 bits per heavy atom. The number of likely N-dealkylation sites (tertiary alicyclic amines) is 1. The van der Waals surface area contributed by atoms with Crippen LogP contribution in [-0.4, -0.2) is 55.0 Å². The van der Waals surface area contributed by atoms with E-state index in [2.05, 4.69) is 9.88 Å². The Morgan fingerprint density at radius 2 is 1.87 bits per heavy atom. The number of hydrogen-bond acceptors (Lipinski definition) is 6. The fraction of sp³-hybridized carbons (Fsp3) is 0.391. The summed E-state index contributed by atoms with van der Waals surface area (Å²) >= 11 is 0. The van der Waals surface area contributed by atoms with Gasteiger partial charge in [0, 0.05) is 30.7 Å². The fourth-order valence-electron chi connectivity index (χ4n) is 4.20. The fourth-order valence-corrected chi connectivity index (χ4v) is 5.56. The van der Waals surface area contributed by atoms with E-state index in [4.69, 9.17) is 4.74 Å². The zero-order chi connectivity index (χ0) is 21.8. The van der Waals surface area contributed by atoms with Gasteiger partial charge in [0.15, 0.2) is 5.65 Å². The second kappa shape index (κ2) is 9.20. The monoisotopic (exact) mass is 441 g/mol. The quantitative estimate of drug-likeness (QED) is 0.524. The largest absolute Gasteiger partial charge is 0.469 e. The maximum atomic E-state index is 13.2. The molecule has 0 aliphatic carbocycles. The normalized spacial score (nSPS) is 15.9. The summed E-state index contributed by atoms with van der Waals surface area (Å²) in [5, 5.41) is 0.864. The van der Waals surface area contributed by atoms with Crippen LogP contribution in [0.15, 0.2) is 59.8 Å². The summed E-state index contributed by atoms with van der Waals surface area (Å²) in [5.74, 6) is 0.240. The lowest BCUT2D eigenvalue weighted by molar-refractivity contribution is -0.142. The molecule has 1 fully saturated rings. The smallest absolute Gasteiger partial charge is 0.305 e. The van der Waals surface area contributed by atoms with E-state index in [-0.39, 0.29) is 10.9 Å². The van der Waals surface area contributed by atoms with Gasteiger partial charge in [-0.1, -0.05) is 18.2 Å². The van der Waals surface area contributed by atoms with Crippen molar-refractivity contribution in [3.63, 3.8) is 0 Å². The molecule has 0 amide bonds. The van der Waals surface area contributed by atoms with E-state index in [1.54, 1.807) is 42.7 Å². The number of carbonyl (C=O) groups is 1. The molecule has 2 aromatic heterocycles. The minimum Gasteiger partial charge on any atom is -0.469 e. The van der Waals surface area contributed by atoms with Crippen LogP contribution >= 0.6 is 0 Å². The number of benzene rings is 1. The molecule has 8 heteroatoms. The highest BCUT2D eigenvalue weighted by Gasteiger charge is 2.24. The number of fused-ring (bicyclic) bond motifs is 1. The lowest BCUT2D eigenvalue weighted by atomic mass is 9.93. The van der Waals surface area contributed by atoms with Crippen molar-refractivity contribution in [1.82, 2.24) is 13.9 Å². The molecule has 0 radical (unpaired) electrons. The molecule has 31 heavy (non-hydrogen) atoms. The molecule has 0 atom stereocenters. The minimum absolute atomic E-state index is 0.140. The molecule has 0 spiro atoms. The zero-order valence-corrected chi connectivity index (χ0v) is 18.4. The minimum atomic E-state index is -3.71. The number of hydrogen-bond donors (Lipinski definition) is 0. The van der Waals surface area contributed by atoms with Gasteiger partial charge in [0.25, 0.3) is 10.0 Å². The topological polar surface area (TPSA) is 81.5 Å². The molecular weight excluding hydrogens is 414 g/mol. The van der Waals surface area contributed by atoms with Gasteiger partial charge in [-0.05, 0) is 68.1 Å². The van der Waals surface area contributed by atoms with Crippen molar-refractivity contribution in [3.8, 4) is 0 Å². The SMILES string of the molecule is COC(=O)CC1CCN(CCc2cn(S(=O)(=O)c3ccccc3)c3ncccc23)CC1. The van der Waals surface area contributed by atoms with Gasteiger partial charge in [-0.25, -0.2) is 17.4 Å². The molecule has 0 N–H and O–H groups in total. The second-order valence-electron chi connectivity index (χ2n) is 7.96. The van der Waals surface area contributed by atoms with E-state index in [1.165, 1.54) is 11.1 Å². The van der Waals surface area contributed by atoms with Crippen molar-refractivity contribution >= 4 is 27.0 Å². The van der Waals surface area contributed by atoms with Crippen LogP contribution in [0, 0.1) is 5.92 Å². The molecule has 0 unspecified atom stereocenters. The predicted molar refractivity (Wildman–Crippen MR) is 118 cm³/mol. The van der Waals surface area contributed by atoms with E-state index in [9.17, 15) is 13.2 Å². The van der Waals surface area contributed by atoms with Crippen LogP contribution in [-0.2, 0) is 26.0 Å². The summed E-state index contributed by atoms with van der Waals surface area (Å²) in [6, 6.07) is 12.2. The first-order chi connectivity index (χ1) is 15.0. The number of pyridine rings is 1. The molecule has 1 aromatic carbocycles. The summed E-state index contributed by atoms with van der Waals surface area (Å²) in [6.07, 6.45) is 6.50. The highest BCUT2D eigenvalue weighted by molar-refractivity contribution is 7.90. The third-order valence-electron chi connectivity index (χ3n) is 6.00. The summed E-state index contributed by atoms with van der Waals surface area (Å²) in [7, 11) is -2.28. The number of piperidine rings is 1. The highest BCUT2D eigenvalue weighted by Crippen LogP contribution is 2.26. The van der Waals surface area contributed by atoms with E-state index >= 15 is 0 Å². The first kappa shape index (κ1) is 21.5. The van der Waals surface area contributed by atoms with Crippen LogP contribution in [0.5, 0.6) is 0 Å². The zero-order valence-electron chi connectivity index (χ0n) is 17.6. The number of carbonyl (C=O) groups excluding carboxylic acids is 1. The summed E-state index contributed by atoms with van der Waals surface area (Å²) in [6.45, 7) is 2.70. The van der Waals surface area contributed by atoms with Gasteiger partial charge in [0.2, 0.25) is 0 Å². The molecule has 3 aromatic rings. The van der Waals surface area contributed by atoms with Crippen LogP contribution < -0.4 is 0 Å². The Bertz CT molecular complexity index is 1150. The average molecular weight is 442 g/mol. The van der Waals surface area contributed by atoms with E-state index < -0.39 is 10.0 Å². The molecule has 1 saturated heterocycles. The van der Waals surface area contributed by atoms with Crippen molar-refractivity contribution in [3.05, 3.63) is 60.4 Å². The van der Waals surface area contributed by atoms with Crippen molar-refractivity contribution in [1.29, 1.82) is 0 Å². The number of rotatable bonds is 7. The number of nitrogens with zero attached hydrogens (tertiary/aromatic N) is 3. The summed E-state index contributed by atoms with van der Waals surface area (Å²) in [4.78, 5) is 18.5. The maximum Gasteiger partial charge on any atom is 0.305 e. The van der Waals surface area contributed by atoms with Gasteiger partial charge in [-0.3, -0.25) is 4.79 Å². The molecular formula is C23H27N3O4S. The number of aromatic nitrogens is 2. The first-order valence-electron chi connectivity index (χ1n) is 10.5. The Morgan fingerprint density at radius 3 is 2.58 bits per heavy atom. The van der Waals surface area contributed by atoms with Crippen LogP contribution in [0.25, 0.3) is 11.0 Å². The predicted octanol–water partition coefficient (Wildman–Crippen LogP) is 3.09. The molecule has 1 aliphatic heterocycles. The molecule has 7 nitrogen and oxygen atoms in total. The summed E-state index contributed by atoms with van der Waals surface area (Å²) < 4.78 is 32.5. The van der Waals surface area contributed by atoms with Crippen molar-refractivity contribution in [2.75, 3.05) is 26.7 Å². The standard InChI is InChI=1S/C23H27N3O4S/c1-30-22(27)16-18-9-13-25(14-10-18)15-11-19-17-26(23-21(19)8-5-12-24-23)31(28,29)20-6-3-2-4-7-20/h2-8,12,17-18H,9-11,13-16H2,1H3. The summed E-state index contributed by atoms with van der Waals surface area (Å²) in [5.41, 5.74) is 1.43. The van der Waals surface area contributed by atoms with Gasteiger partial charge in [-0.2, -0.15) is 0 Å².